The lowest BCUT2D eigenvalue weighted by atomic mass is 10.1. The summed E-state index contributed by atoms with van der Waals surface area (Å²) >= 11 is 0. The molecule has 5 nitrogen and oxygen atoms in total. The largest absolute Gasteiger partial charge is 0.496 e. The Balaban J connectivity index is 2.21. The van der Waals surface area contributed by atoms with Gasteiger partial charge in [0, 0.05) is 12.6 Å². The van der Waals surface area contributed by atoms with E-state index in [2.05, 4.69) is 5.32 Å². The van der Waals surface area contributed by atoms with E-state index in [-0.39, 0.29) is 11.9 Å². The van der Waals surface area contributed by atoms with Crippen molar-refractivity contribution in [3.8, 4) is 11.5 Å². The topological polar surface area (TPSA) is 73.6 Å². The molecule has 1 aromatic carbocycles. The maximum Gasteiger partial charge on any atom is 0.259 e. The summed E-state index contributed by atoms with van der Waals surface area (Å²) in [6.07, 6.45) is 2.26. The minimum Gasteiger partial charge on any atom is -0.496 e. The molecule has 19 heavy (non-hydrogen) atoms. The first kappa shape index (κ1) is 13.7. The van der Waals surface area contributed by atoms with Crippen LogP contribution < -0.4 is 20.5 Å². The van der Waals surface area contributed by atoms with Gasteiger partial charge in [0.05, 0.1) is 14.2 Å². The molecule has 1 unspecified atom stereocenters. The number of ether oxygens (including phenoxy) is 2. The van der Waals surface area contributed by atoms with Crippen LogP contribution in [-0.2, 0) is 0 Å². The van der Waals surface area contributed by atoms with Crippen LogP contribution >= 0.6 is 0 Å². The van der Waals surface area contributed by atoms with E-state index in [1.54, 1.807) is 18.2 Å². The summed E-state index contributed by atoms with van der Waals surface area (Å²) in [6, 6.07) is 5.30. The fourth-order valence-corrected chi connectivity index (χ4v) is 2.18. The zero-order chi connectivity index (χ0) is 13.8. The van der Waals surface area contributed by atoms with Gasteiger partial charge in [-0.2, -0.15) is 0 Å². The quantitative estimate of drug-likeness (QED) is 0.809. The van der Waals surface area contributed by atoms with Crippen LogP contribution in [0.1, 0.15) is 23.2 Å². The van der Waals surface area contributed by atoms with Crippen LogP contribution in [0.3, 0.4) is 0 Å². The molecule has 0 aliphatic heterocycles. The summed E-state index contributed by atoms with van der Waals surface area (Å²) in [4.78, 5) is 12.4. The highest BCUT2D eigenvalue weighted by atomic mass is 16.5. The third kappa shape index (κ3) is 2.98. The number of carbonyl (C=O) groups excluding carboxylic acids is 1. The van der Waals surface area contributed by atoms with Crippen LogP contribution in [0.5, 0.6) is 11.5 Å². The molecule has 5 heteroatoms. The van der Waals surface area contributed by atoms with Crippen LogP contribution in [-0.4, -0.2) is 32.7 Å². The average molecular weight is 264 g/mol. The molecule has 1 fully saturated rings. The second kappa shape index (κ2) is 5.93. The number of hydrogen-bond acceptors (Lipinski definition) is 4. The van der Waals surface area contributed by atoms with E-state index >= 15 is 0 Å². The van der Waals surface area contributed by atoms with Crippen molar-refractivity contribution in [3.63, 3.8) is 0 Å². The predicted octanol–water partition coefficient (Wildman–Crippen LogP) is 1.17. The Bertz CT molecular complexity index is 436. The third-order valence-electron chi connectivity index (χ3n) is 3.42. The van der Waals surface area contributed by atoms with Crippen LogP contribution in [0.4, 0.5) is 0 Å². The fourth-order valence-electron chi connectivity index (χ4n) is 2.18. The molecule has 3 N–H and O–H groups in total. The van der Waals surface area contributed by atoms with Crippen molar-refractivity contribution < 1.29 is 14.3 Å². The molecule has 104 valence electrons. The lowest BCUT2D eigenvalue weighted by molar-refractivity contribution is 0.0927. The van der Waals surface area contributed by atoms with Crippen LogP contribution in [0.15, 0.2) is 18.2 Å². The van der Waals surface area contributed by atoms with Gasteiger partial charge in [-0.25, -0.2) is 0 Å². The first-order valence-electron chi connectivity index (χ1n) is 6.43. The van der Waals surface area contributed by atoms with E-state index in [9.17, 15) is 4.79 Å². The maximum atomic E-state index is 12.4. The summed E-state index contributed by atoms with van der Waals surface area (Å²) in [5, 5.41) is 2.97. The molecule has 1 aliphatic carbocycles. The van der Waals surface area contributed by atoms with Crippen LogP contribution in [0.25, 0.3) is 0 Å². The fraction of sp³-hybridized carbons (Fsp3) is 0.500. The van der Waals surface area contributed by atoms with E-state index in [4.69, 9.17) is 15.2 Å². The van der Waals surface area contributed by atoms with Gasteiger partial charge in [-0.15, -0.1) is 0 Å². The standard InChI is InChI=1S/C14H20N2O3/c1-18-11-4-3-5-12(19-2)13(11)14(17)16-10(8-15)9-6-7-9/h3-5,9-10H,6-8,15H2,1-2H3,(H,16,17). The Kier molecular flexibility index (Phi) is 4.27. The van der Waals surface area contributed by atoms with Crippen LogP contribution in [0.2, 0.25) is 0 Å². The number of rotatable bonds is 6. The molecule has 0 radical (unpaired) electrons. The van der Waals surface area contributed by atoms with Gasteiger partial charge in [0.15, 0.2) is 0 Å². The first-order chi connectivity index (χ1) is 9.21. The summed E-state index contributed by atoms with van der Waals surface area (Å²) < 4.78 is 10.5. The SMILES string of the molecule is COc1cccc(OC)c1C(=O)NC(CN)C1CC1. The summed E-state index contributed by atoms with van der Waals surface area (Å²) in [5.41, 5.74) is 6.13. The van der Waals surface area contributed by atoms with Gasteiger partial charge in [-0.1, -0.05) is 6.07 Å². The molecule has 2 rings (SSSR count). The molecule has 1 amide bonds. The van der Waals surface area contributed by atoms with Gasteiger partial charge < -0.3 is 20.5 Å². The van der Waals surface area contributed by atoms with Gasteiger partial charge in [-0.3, -0.25) is 4.79 Å². The third-order valence-corrected chi connectivity index (χ3v) is 3.42. The van der Waals surface area contributed by atoms with Crippen molar-refractivity contribution in [1.29, 1.82) is 0 Å². The van der Waals surface area contributed by atoms with Gasteiger partial charge in [0.1, 0.15) is 17.1 Å². The average Bonchev–Trinajstić information content (AvgIpc) is 3.27. The predicted molar refractivity (Wildman–Crippen MR) is 72.6 cm³/mol. The molecule has 0 saturated heterocycles. The van der Waals surface area contributed by atoms with Crippen LogP contribution in [0, 0.1) is 5.92 Å². The highest BCUT2D eigenvalue weighted by Crippen LogP contribution is 2.33. The van der Waals surface area contributed by atoms with E-state index in [0.717, 1.165) is 12.8 Å². The van der Waals surface area contributed by atoms with Crippen molar-refractivity contribution in [1.82, 2.24) is 5.32 Å². The summed E-state index contributed by atoms with van der Waals surface area (Å²) in [5.74, 6) is 1.32. The van der Waals surface area contributed by atoms with Gasteiger partial charge in [0.2, 0.25) is 0 Å². The summed E-state index contributed by atoms with van der Waals surface area (Å²) in [7, 11) is 3.07. The van der Waals surface area contributed by atoms with Crippen molar-refractivity contribution in [2.45, 2.75) is 18.9 Å². The lowest BCUT2D eigenvalue weighted by Gasteiger charge is -2.18. The molecule has 0 bridgehead atoms. The molecular weight excluding hydrogens is 244 g/mol. The Morgan fingerprint density at radius 2 is 1.95 bits per heavy atom. The minimum absolute atomic E-state index is 0.0297. The zero-order valence-corrected chi connectivity index (χ0v) is 11.3. The molecule has 1 aromatic rings. The molecule has 1 atom stereocenters. The Hall–Kier alpha value is -1.75. The Labute approximate surface area is 113 Å². The number of benzene rings is 1. The van der Waals surface area contributed by atoms with Crippen molar-refractivity contribution in [3.05, 3.63) is 23.8 Å². The Morgan fingerprint density at radius 1 is 1.37 bits per heavy atom. The van der Waals surface area contributed by atoms with Gasteiger partial charge in [-0.05, 0) is 30.9 Å². The minimum atomic E-state index is -0.198. The second-order valence-corrected chi connectivity index (χ2v) is 4.69. The first-order valence-corrected chi connectivity index (χ1v) is 6.43. The van der Waals surface area contributed by atoms with E-state index in [0.29, 0.717) is 29.5 Å². The number of hydrogen-bond donors (Lipinski definition) is 2. The molecule has 0 heterocycles. The number of amides is 1. The van der Waals surface area contributed by atoms with Crippen molar-refractivity contribution in [2.24, 2.45) is 11.7 Å². The van der Waals surface area contributed by atoms with E-state index in [1.165, 1.54) is 14.2 Å². The lowest BCUT2D eigenvalue weighted by Crippen LogP contribution is -2.41. The number of nitrogens with one attached hydrogen (secondary N) is 1. The normalized spacial score (nSPS) is 15.7. The summed E-state index contributed by atoms with van der Waals surface area (Å²) in [6.45, 7) is 0.452. The molecular formula is C14H20N2O3. The second-order valence-electron chi connectivity index (χ2n) is 4.69. The van der Waals surface area contributed by atoms with Gasteiger partial charge in [0.25, 0.3) is 5.91 Å². The maximum absolute atomic E-state index is 12.4. The molecule has 1 saturated carbocycles. The monoisotopic (exact) mass is 264 g/mol. The van der Waals surface area contributed by atoms with E-state index < -0.39 is 0 Å². The molecule has 0 aromatic heterocycles. The zero-order valence-electron chi connectivity index (χ0n) is 11.3. The van der Waals surface area contributed by atoms with Gasteiger partial charge >= 0.3 is 0 Å². The smallest absolute Gasteiger partial charge is 0.259 e. The number of nitrogens with two attached hydrogens (primary N) is 1. The highest BCUT2D eigenvalue weighted by molar-refractivity contribution is 5.99. The molecule has 0 spiro atoms. The number of methoxy groups -OCH3 is 2. The van der Waals surface area contributed by atoms with Crippen molar-refractivity contribution >= 4 is 5.91 Å². The van der Waals surface area contributed by atoms with Crippen molar-refractivity contribution in [2.75, 3.05) is 20.8 Å². The Morgan fingerprint density at radius 3 is 2.37 bits per heavy atom. The molecule has 1 aliphatic rings. The van der Waals surface area contributed by atoms with E-state index in [1.807, 2.05) is 0 Å². The number of carbonyl (C=O) groups is 1. The highest BCUT2D eigenvalue weighted by Gasteiger charge is 2.32.